The zero-order valence-electron chi connectivity index (χ0n) is 15.2. The van der Waals surface area contributed by atoms with E-state index in [4.69, 9.17) is 4.74 Å². The zero-order valence-corrected chi connectivity index (χ0v) is 15.2. The Morgan fingerprint density at radius 2 is 1.39 bits per heavy atom. The highest BCUT2D eigenvalue weighted by molar-refractivity contribution is 5.72. The van der Waals surface area contributed by atoms with E-state index >= 15 is 0 Å². The Balaban J connectivity index is 1.67. The molecule has 3 rings (SSSR count). The van der Waals surface area contributed by atoms with Gasteiger partial charge in [0.2, 0.25) is 0 Å². The number of alkyl carbamates (subject to hydrolysis) is 1. The molecular weight excluding hydrogens is 354 g/mol. The maximum Gasteiger partial charge on any atom is 0.407 e. The van der Waals surface area contributed by atoms with Gasteiger partial charge in [0.1, 0.15) is 6.61 Å². The second-order valence-electron chi connectivity index (χ2n) is 6.34. The van der Waals surface area contributed by atoms with Gasteiger partial charge in [0, 0.05) is 0 Å². The number of carbonyl (C=O) groups excluding carboxylic acids is 1. The molecule has 1 atom stereocenters. The Morgan fingerprint density at radius 1 is 0.821 bits per heavy atom. The van der Waals surface area contributed by atoms with Crippen molar-refractivity contribution in [3.8, 4) is 11.1 Å². The molecule has 0 radical (unpaired) electrons. The van der Waals surface area contributed by atoms with Crippen molar-refractivity contribution < 1.29 is 19.4 Å². The number of hydrogen-bond acceptors (Lipinski definition) is 3. The molecule has 3 aromatic rings. The number of carboxylic acids is 1. The molecule has 2 N–H and O–H groups in total. The number of amides is 1. The van der Waals surface area contributed by atoms with Gasteiger partial charge in [-0.25, -0.2) is 4.79 Å². The molecule has 0 aromatic heterocycles. The van der Waals surface area contributed by atoms with Gasteiger partial charge in [-0.1, -0.05) is 84.9 Å². The van der Waals surface area contributed by atoms with E-state index in [0.717, 1.165) is 16.7 Å². The summed E-state index contributed by atoms with van der Waals surface area (Å²) >= 11 is 0. The lowest BCUT2D eigenvalue weighted by Crippen LogP contribution is -2.30. The van der Waals surface area contributed by atoms with Crippen molar-refractivity contribution in [1.29, 1.82) is 0 Å². The zero-order chi connectivity index (χ0) is 19.8. The minimum absolute atomic E-state index is 0.124. The summed E-state index contributed by atoms with van der Waals surface area (Å²) < 4.78 is 5.21. The molecule has 0 saturated heterocycles. The van der Waals surface area contributed by atoms with Crippen molar-refractivity contribution in [3.05, 3.63) is 96.1 Å². The van der Waals surface area contributed by atoms with Crippen LogP contribution in [0.5, 0.6) is 0 Å². The molecule has 0 unspecified atom stereocenters. The fraction of sp³-hybridized carbons (Fsp3) is 0.130. The number of nitrogens with one attached hydrogen (secondary N) is 1. The second kappa shape index (κ2) is 9.37. The van der Waals surface area contributed by atoms with Crippen LogP contribution in [-0.4, -0.2) is 17.2 Å². The van der Waals surface area contributed by atoms with Crippen LogP contribution in [0.25, 0.3) is 11.1 Å². The van der Waals surface area contributed by atoms with E-state index in [9.17, 15) is 14.7 Å². The lowest BCUT2D eigenvalue weighted by molar-refractivity contribution is -0.137. The molecule has 142 valence electrons. The number of rotatable bonds is 7. The third-order valence-electron chi connectivity index (χ3n) is 4.30. The first-order valence-corrected chi connectivity index (χ1v) is 8.96. The van der Waals surface area contributed by atoms with Crippen LogP contribution < -0.4 is 5.32 Å². The van der Waals surface area contributed by atoms with Gasteiger partial charge >= 0.3 is 12.1 Å². The van der Waals surface area contributed by atoms with Gasteiger partial charge in [-0.2, -0.15) is 0 Å². The summed E-state index contributed by atoms with van der Waals surface area (Å²) in [7, 11) is 0. The quantitative estimate of drug-likeness (QED) is 0.622. The Labute approximate surface area is 163 Å². The van der Waals surface area contributed by atoms with Crippen molar-refractivity contribution in [3.63, 3.8) is 0 Å². The van der Waals surface area contributed by atoms with E-state index in [2.05, 4.69) is 5.32 Å². The molecule has 0 saturated carbocycles. The Bertz CT molecular complexity index is 908. The summed E-state index contributed by atoms with van der Waals surface area (Å²) in [6.07, 6.45) is -0.882. The predicted molar refractivity (Wildman–Crippen MR) is 107 cm³/mol. The minimum Gasteiger partial charge on any atom is -0.481 e. The van der Waals surface area contributed by atoms with E-state index in [-0.39, 0.29) is 13.0 Å². The second-order valence-corrected chi connectivity index (χ2v) is 6.34. The summed E-state index contributed by atoms with van der Waals surface area (Å²) in [5.74, 6) is -1.000. The Kier molecular flexibility index (Phi) is 6.41. The van der Waals surface area contributed by atoms with Gasteiger partial charge in [-0.05, 0) is 22.3 Å². The van der Waals surface area contributed by atoms with Crippen LogP contribution in [0.3, 0.4) is 0 Å². The Hall–Kier alpha value is -3.60. The average molecular weight is 375 g/mol. The third kappa shape index (κ3) is 5.45. The van der Waals surface area contributed by atoms with E-state index in [0.29, 0.717) is 5.56 Å². The van der Waals surface area contributed by atoms with Crippen molar-refractivity contribution in [1.82, 2.24) is 5.32 Å². The molecule has 28 heavy (non-hydrogen) atoms. The largest absolute Gasteiger partial charge is 0.481 e. The molecule has 0 aliphatic heterocycles. The molecular formula is C23H21NO4. The summed E-state index contributed by atoms with van der Waals surface area (Å²) in [6.45, 7) is 0.124. The van der Waals surface area contributed by atoms with Gasteiger partial charge < -0.3 is 15.2 Å². The first kappa shape index (κ1) is 19.2. The number of carbonyl (C=O) groups is 2. The van der Waals surface area contributed by atoms with Gasteiger partial charge in [-0.3, -0.25) is 4.79 Å². The number of ether oxygens (including phenoxy) is 1. The number of aliphatic carboxylic acids is 1. The van der Waals surface area contributed by atoms with Crippen LogP contribution in [0.15, 0.2) is 84.9 Å². The first-order valence-electron chi connectivity index (χ1n) is 8.96. The number of hydrogen-bond donors (Lipinski definition) is 2. The van der Waals surface area contributed by atoms with Crippen LogP contribution in [0.2, 0.25) is 0 Å². The summed E-state index contributed by atoms with van der Waals surface area (Å²) in [4.78, 5) is 23.4. The molecule has 0 fully saturated rings. The predicted octanol–water partition coefficient (Wildman–Crippen LogP) is 4.80. The highest BCUT2D eigenvalue weighted by Gasteiger charge is 2.19. The van der Waals surface area contributed by atoms with E-state index in [1.54, 1.807) is 0 Å². The molecule has 0 bridgehead atoms. The highest BCUT2D eigenvalue weighted by Crippen LogP contribution is 2.23. The molecule has 3 aromatic carbocycles. The molecule has 5 nitrogen and oxygen atoms in total. The first-order chi connectivity index (χ1) is 13.6. The molecule has 0 spiro atoms. The van der Waals surface area contributed by atoms with Gasteiger partial charge in [0.15, 0.2) is 0 Å². The maximum atomic E-state index is 12.1. The monoisotopic (exact) mass is 375 g/mol. The van der Waals surface area contributed by atoms with Crippen LogP contribution in [0.1, 0.15) is 23.6 Å². The fourth-order valence-electron chi connectivity index (χ4n) is 2.87. The molecule has 5 heteroatoms. The van der Waals surface area contributed by atoms with E-state index < -0.39 is 18.1 Å². The summed E-state index contributed by atoms with van der Waals surface area (Å²) in [5, 5.41) is 11.9. The van der Waals surface area contributed by atoms with Crippen LogP contribution in [0.4, 0.5) is 4.79 Å². The van der Waals surface area contributed by atoms with Gasteiger partial charge in [0.25, 0.3) is 0 Å². The summed E-state index contributed by atoms with van der Waals surface area (Å²) in [5.41, 5.74) is 3.66. The SMILES string of the molecule is O=C(O)C[C@@H](NC(=O)OCc1ccccc1)c1ccc(-c2ccccc2)cc1. The third-order valence-corrected chi connectivity index (χ3v) is 4.30. The van der Waals surface area contributed by atoms with E-state index in [1.807, 2.05) is 84.9 Å². The normalized spacial score (nSPS) is 11.4. The van der Waals surface area contributed by atoms with Crippen LogP contribution >= 0.6 is 0 Å². The fourth-order valence-corrected chi connectivity index (χ4v) is 2.87. The Morgan fingerprint density at radius 3 is 2.00 bits per heavy atom. The van der Waals surface area contributed by atoms with Gasteiger partial charge in [0.05, 0.1) is 12.5 Å². The topological polar surface area (TPSA) is 75.6 Å². The highest BCUT2D eigenvalue weighted by atomic mass is 16.5. The number of carboxylic acid groups (broad SMARTS) is 1. The van der Waals surface area contributed by atoms with Crippen molar-refractivity contribution in [2.24, 2.45) is 0 Å². The average Bonchev–Trinajstić information content (AvgIpc) is 2.73. The minimum atomic E-state index is -1.000. The lowest BCUT2D eigenvalue weighted by Gasteiger charge is -2.18. The summed E-state index contributed by atoms with van der Waals surface area (Å²) in [6, 6.07) is 26.0. The number of benzene rings is 3. The maximum absolute atomic E-state index is 12.1. The molecule has 0 heterocycles. The van der Waals surface area contributed by atoms with Crippen LogP contribution in [0, 0.1) is 0 Å². The van der Waals surface area contributed by atoms with Gasteiger partial charge in [-0.15, -0.1) is 0 Å². The molecule has 1 amide bonds. The smallest absolute Gasteiger partial charge is 0.407 e. The van der Waals surface area contributed by atoms with Crippen molar-refractivity contribution in [2.75, 3.05) is 0 Å². The molecule has 0 aliphatic carbocycles. The standard InChI is InChI=1S/C23H21NO4/c25-22(26)15-21(24-23(27)28-16-17-7-3-1-4-8-17)20-13-11-19(12-14-20)18-9-5-2-6-10-18/h1-14,21H,15-16H2,(H,24,27)(H,25,26)/t21-/m1/s1. The molecule has 0 aliphatic rings. The van der Waals surface area contributed by atoms with Crippen LogP contribution in [-0.2, 0) is 16.1 Å². The van der Waals surface area contributed by atoms with E-state index in [1.165, 1.54) is 0 Å². The lowest BCUT2D eigenvalue weighted by atomic mass is 9.99. The van der Waals surface area contributed by atoms with Crippen molar-refractivity contribution >= 4 is 12.1 Å². The van der Waals surface area contributed by atoms with Crippen molar-refractivity contribution in [2.45, 2.75) is 19.1 Å².